The van der Waals surface area contributed by atoms with Crippen molar-refractivity contribution in [1.29, 1.82) is 0 Å². The molecule has 0 aliphatic carbocycles. The molecule has 1 heterocycles. The van der Waals surface area contributed by atoms with Crippen LogP contribution in [0, 0.1) is 12.7 Å². The van der Waals surface area contributed by atoms with Gasteiger partial charge in [0.1, 0.15) is 10.8 Å². The average Bonchev–Trinajstić information content (AvgIpc) is 2.91. The lowest BCUT2D eigenvalue weighted by Crippen LogP contribution is -2.36. The molecule has 0 bridgehead atoms. The fraction of sp³-hybridized carbons (Fsp3) is 0.333. The van der Waals surface area contributed by atoms with Crippen LogP contribution >= 0.6 is 27.3 Å². The molecule has 0 unspecified atom stereocenters. The van der Waals surface area contributed by atoms with Gasteiger partial charge in [0.05, 0.1) is 17.6 Å². The van der Waals surface area contributed by atoms with Crippen molar-refractivity contribution in [3.8, 4) is 0 Å². The Morgan fingerprint density at radius 1 is 1.41 bits per heavy atom. The zero-order chi connectivity index (χ0) is 15.9. The third-order valence-electron chi connectivity index (χ3n) is 2.82. The third-order valence-corrected chi connectivity index (χ3v) is 4.38. The molecule has 0 atom stereocenters. The van der Waals surface area contributed by atoms with E-state index < -0.39 is 0 Å². The Labute approximate surface area is 142 Å². The normalized spacial score (nSPS) is 11.5. The van der Waals surface area contributed by atoms with Crippen molar-refractivity contribution < 1.29 is 4.39 Å². The van der Waals surface area contributed by atoms with E-state index in [1.165, 1.54) is 10.9 Å². The van der Waals surface area contributed by atoms with Gasteiger partial charge in [0.25, 0.3) is 0 Å². The summed E-state index contributed by atoms with van der Waals surface area (Å²) < 4.78 is 14.0. The molecule has 0 saturated heterocycles. The molecule has 0 aliphatic rings. The summed E-state index contributed by atoms with van der Waals surface area (Å²) in [5.41, 5.74) is 0.822. The van der Waals surface area contributed by atoms with Crippen molar-refractivity contribution in [3.05, 3.63) is 50.1 Å². The van der Waals surface area contributed by atoms with Gasteiger partial charge in [-0.1, -0.05) is 6.07 Å². The number of hydrogen-bond acceptors (Lipinski definition) is 3. The molecular weight excluding hydrogens is 367 g/mol. The van der Waals surface area contributed by atoms with Crippen LogP contribution in [0.4, 0.5) is 4.39 Å². The van der Waals surface area contributed by atoms with Gasteiger partial charge in [-0.25, -0.2) is 14.4 Å². The number of hydrogen-bond donors (Lipinski definition) is 2. The van der Waals surface area contributed by atoms with E-state index in [0.29, 0.717) is 23.5 Å². The maximum Gasteiger partial charge on any atom is 0.191 e. The molecule has 1 aromatic carbocycles. The molecule has 2 rings (SSSR count). The lowest BCUT2D eigenvalue weighted by atomic mass is 10.2. The number of nitrogens with zero attached hydrogens (tertiary/aromatic N) is 2. The summed E-state index contributed by atoms with van der Waals surface area (Å²) in [7, 11) is 0. The maximum atomic E-state index is 13.5. The number of aromatic nitrogens is 1. The monoisotopic (exact) mass is 384 g/mol. The molecule has 0 saturated carbocycles. The second-order valence-corrected chi connectivity index (χ2v) is 6.84. The Morgan fingerprint density at radius 2 is 2.23 bits per heavy atom. The zero-order valence-electron chi connectivity index (χ0n) is 12.5. The highest BCUT2D eigenvalue weighted by Crippen LogP contribution is 2.16. The SMILES string of the molecule is CCNC(=NCc1ccc(Br)c(F)c1)NCc1ncc(C)s1. The minimum absolute atomic E-state index is 0.274. The highest BCUT2D eigenvalue weighted by atomic mass is 79.9. The van der Waals surface area contributed by atoms with Gasteiger partial charge in [0.15, 0.2) is 5.96 Å². The fourth-order valence-corrected chi connectivity index (χ4v) is 2.77. The molecule has 2 N–H and O–H groups in total. The topological polar surface area (TPSA) is 49.3 Å². The van der Waals surface area contributed by atoms with Crippen LogP contribution < -0.4 is 10.6 Å². The van der Waals surface area contributed by atoms with Gasteiger partial charge in [-0.3, -0.25) is 0 Å². The summed E-state index contributed by atoms with van der Waals surface area (Å²) in [6, 6.07) is 5.03. The molecule has 118 valence electrons. The van der Waals surface area contributed by atoms with Gasteiger partial charge in [-0.2, -0.15) is 0 Å². The molecule has 0 spiro atoms. The minimum Gasteiger partial charge on any atom is -0.357 e. The van der Waals surface area contributed by atoms with E-state index in [2.05, 4.69) is 36.5 Å². The number of thiazole rings is 1. The quantitative estimate of drug-likeness (QED) is 0.611. The molecule has 0 amide bonds. The lowest BCUT2D eigenvalue weighted by Gasteiger charge is -2.10. The number of benzene rings is 1. The summed E-state index contributed by atoms with van der Waals surface area (Å²) in [5, 5.41) is 7.41. The predicted molar refractivity (Wildman–Crippen MR) is 92.6 cm³/mol. The van der Waals surface area contributed by atoms with Crippen LogP contribution in [0.5, 0.6) is 0 Å². The van der Waals surface area contributed by atoms with Crippen LogP contribution in [0.3, 0.4) is 0 Å². The summed E-state index contributed by atoms with van der Waals surface area (Å²) in [5.74, 6) is 0.419. The molecular formula is C15H18BrFN4S. The van der Waals surface area contributed by atoms with E-state index in [0.717, 1.165) is 17.1 Å². The summed E-state index contributed by atoms with van der Waals surface area (Å²) >= 11 is 4.80. The molecule has 2 aromatic rings. The van der Waals surface area contributed by atoms with Crippen molar-refractivity contribution in [1.82, 2.24) is 15.6 Å². The van der Waals surface area contributed by atoms with E-state index in [1.807, 2.05) is 26.1 Å². The highest BCUT2D eigenvalue weighted by Gasteiger charge is 2.03. The van der Waals surface area contributed by atoms with E-state index in [9.17, 15) is 4.39 Å². The van der Waals surface area contributed by atoms with Crippen LogP contribution in [0.25, 0.3) is 0 Å². The van der Waals surface area contributed by atoms with Crippen LogP contribution in [-0.4, -0.2) is 17.5 Å². The number of aryl methyl sites for hydroxylation is 1. The van der Waals surface area contributed by atoms with Gasteiger partial charge >= 0.3 is 0 Å². The zero-order valence-corrected chi connectivity index (χ0v) is 14.9. The largest absolute Gasteiger partial charge is 0.357 e. The Balaban J connectivity index is 1.98. The van der Waals surface area contributed by atoms with Crippen LogP contribution in [-0.2, 0) is 13.1 Å². The number of guanidine groups is 1. The Morgan fingerprint density at radius 3 is 2.86 bits per heavy atom. The molecule has 0 aliphatic heterocycles. The molecule has 0 fully saturated rings. The lowest BCUT2D eigenvalue weighted by molar-refractivity contribution is 0.618. The van der Waals surface area contributed by atoms with Gasteiger partial charge < -0.3 is 10.6 Å². The van der Waals surface area contributed by atoms with Crippen molar-refractivity contribution in [3.63, 3.8) is 0 Å². The van der Waals surface area contributed by atoms with Gasteiger partial charge in [0, 0.05) is 17.6 Å². The fourth-order valence-electron chi connectivity index (χ4n) is 1.79. The Bertz CT molecular complexity index is 657. The van der Waals surface area contributed by atoms with E-state index in [1.54, 1.807) is 17.4 Å². The van der Waals surface area contributed by atoms with Gasteiger partial charge in [-0.05, 0) is 47.5 Å². The maximum absolute atomic E-state index is 13.5. The Kier molecular flexibility index (Phi) is 6.33. The van der Waals surface area contributed by atoms with E-state index >= 15 is 0 Å². The number of halogens is 2. The smallest absolute Gasteiger partial charge is 0.191 e. The first-order chi connectivity index (χ1) is 10.6. The number of aliphatic imine (C=N–C) groups is 1. The number of nitrogens with one attached hydrogen (secondary N) is 2. The van der Waals surface area contributed by atoms with Crippen LogP contribution in [0.1, 0.15) is 22.4 Å². The van der Waals surface area contributed by atoms with Crippen molar-refractivity contribution in [2.75, 3.05) is 6.54 Å². The van der Waals surface area contributed by atoms with E-state index in [4.69, 9.17) is 0 Å². The van der Waals surface area contributed by atoms with Crippen LogP contribution in [0.15, 0.2) is 33.9 Å². The Hall–Kier alpha value is -1.47. The van der Waals surface area contributed by atoms with Crippen molar-refractivity contribution >= 4 is 33.2 Å². The summed E-state index contributed by atoms with van der Waals surface area (Å²) in [4.78, 5) is 9.96. The first-order valence-electron chi connectivity index (χ1n) is 6.96. The molecule has 1 aromatic heterocycles. The second kappa shape index (κ2) is 8.24. The highest BCUT2D eigenvalue weighted by molar-refractivity contribution is 9.10. The molecule has 7 heteroatoms. The molecule has 4 nitrogen and oxygen atoms in total. The van der Waals surface area contributed by atoms with Crippen molar-refractivity contribution in [2.24, 2.45) is 4.99 Å². The standard InChI is InChI=1S/C15H18BrFN4S/c1-3-18-15(21-9-14-19-7-10(2)22-14)20-8-11-4-5-12(16)13(17)6-11/h4-7H,3,8-9H2,1-2H3,(H2,18,20,21). The van der Waals surface area contributed by atoms with Crippen LogP contribution in [0.2, 0.25) is 0 Å². The number of rotatable bonds is 5. The first-order valence-corrected chi connectivity index (χ1v) is 8.57. The average molecular weight is 385 g/mol. The van der Waals surface area contributed by atoms with Crippen molar-refractivity contribution in [2.45, 2.75) is 26.9 Å². The summed E-state index contributed by atoms with van der Waals surface area (Å²) in [6.45, 7) is 5.83. The summed E-state index contributed by atoms with van der Waals surface area (Å²) in [6.07, 6.45) is 1.86. The second-order valence-electron chi connectivity index (χ2n) is 4.66. The minimum atomic E-state index is -0.274. The molecule has 0 radical (unpaired) electrons. The first kappa shape index (κ1) is 16.9. The van der Waals surface area contributed by atoms with Gasteiger partial charge in [-0.15, -0.1) is 11.3 Å². The molecule has 22 heavy (non-hydrogen) atoms. The van der Waals surface area contributed by atoms with E-state index in [-0.39, 0.29) is 5.82 Å². The van der Waals surface area contributed by atoms with Gasteiger partial charge in [0.2, 0.25) is 0 Å². The predicted octanol–water partition coefficient (Wildman–Crippen LogP) is 3.61. The third kappa shape index (κ3) is 5.06.